The lowest BCUT2D eigenvalue weighted by Gasteiger charge is -1.97. The van der Waals surface area contributed by atoms with Gasteiger partial charge in [-0.05, 0) is 11.6 Å². The highest BCUT2D eigenvalue weighted by Gasteiger charge is 2.00. The zero-order chi connectivity index (χ0) is 8.97. The Morgan fingerprint density at radius 3 is 2.92 bits per heavy atom. The van der Waals surface area contributed by atoms with Gasteiger partial charge in [0.05, 0.1) is 5.02 Å². The van der Waals surface area contributed by atoms with Gasteiger partial charge in [0.25, 0.3) is 0 Å². The maximum atomic E-state index is 5.87. The second kappa shape index (κ2) is 4.85. The first-order valence-electron chi connectivity index (χ1n) is 3.28. The Labute approximate surface area is 89.5 Å². The molecule has 0 fully saturated rings. The van der Waals surface area contributed by atoms with Crippen molar-refractivity contribution in [1.29, 1.82) is 0 Å². The van der Waals surface area contributed by atoms with Crippen molar-refractivity contribution in [3.8, 4) is 0 Å². The summed E-state index contributed by atoms with van der Waals surface area (Å²) in [5.74, 6) is 0. The minimum absolute atomic E-state index is 0.341. The molecule has 4 heteroatoms. The number of aromatic nitrogens is 1. The minimum Gasteiger partial charge on any atom is -0.243 e. The zero-order valence-electron chi connectivity index (χ0n) is 6.10. The smallest absolute Gasteiger partial charge is 0.148 e. The number of allylic oxidation sites excluding steroid dienone is 1. The highest BCUT2D eigenvalue weighted by atomic mass is 79.9. The lowest BCUT2D eigenvalue weighted by atomic mass is 10.2. The molecule has 12 heavy (non-hydrogen) atoms. The van der Waals surface area contributed by atoms with Crippen LogP contribution >= 0.6 is 39.1 Å². The van der Waals surface area contributed by atoms with Gasteiger partial charge in [0.2, 0.25) is 0 Å². The van der Waals surface area contributed by atoms with E-state index in [1.165, 1.54) is 0 Å². The van der Waals surface area contributed by atoms with Gasteiger partial charge in [0, 0.05) is 11.5 Å². The van der Waals surface area contributed by atoms with Crippen LogP contribution < -0.4 is 0 Å². The first-order valence-corrected chi connectivity index (χ1v) is 5.16. The van der Waals surface area contributed by atoms with Gasteiger partial charge in [-0.25, -0.2) is 4.98 Å². The maximum Gasteiger partial charge on any atom is 0.148 e. The van der Waals surface area contributed by atoms with E-state index in [9.17, 15) is 0 Å². The fraction of sp³-hybridized carbons (Fsp3) is 0.125. The summed E-state index contributed by atoms with van der Waals surface area (Å²) < 4.78 is 0. The lowest BCUT2D eigenvalue weighted by Crippen LogP contribution is -1.80. The Hall–Kier alpha value is -0.0500. The molecular formula is C8H6BrCl2N. The van der Waals surface area contributed by atoms with Crippen LogP contribution in [0.1, 0.15) is 5.56 Å². The zero-order valence-corrected chi connectivity index (χ0v) is 9.20. The number of nitrogens with zero attached hydrogens (tertiary/aromatic N) is 1. The Morgan fingerprint density at radius 2 is 2.25 bits per heavy atom. The average molecular weight is 267 g/mol. The van der Waals surface area contributed by atoms with Crippen LogP contribution in [0, 0.1) is 0 Å². The molecule has 1 aromatic rings. The topological polar surface area (TPSA) is 12.9 Å². The van der Waals surface area contributed by atoms with Crippen molar-refractivity contribution in [2.75, 3.05) is 5.33 Å². The summed E-state index contributed by atoms with van der Waals surface area (Å²) in [6, 6.07) is 1.81. The highest BCUT2D eigenvalue weighted by Crippen LogP contribution is 2.23. The molecular weight excluding hydrogens is 261 g/mol. The molecule has 0 saturated heterocycles. The third-order valence-corrected chi connectivity index (χ3v) is 2.42. The molecule has 0 aliphatic rings. The van der Waals surface area contributed by atoms with E-state index in [2.05, 4.69) is 20.9 Å². The van der Waals surface area contributed by atoms with Gasteiger partial charge < -0.3 is 0 Å². The third-order valence-electron chi connectivity index (χ3n) is 1.26. The largest absolute Gasteiger partial charge is 0.243 e. The highest BCUT2D eigenvalue weighted by molar-refractivity contribution is 9.09. The molecule has 1 rings (SSSR count). The number of hydrogen-bond donors (Lipinski definition) is 0. The van der Waals surface area contributed by atoms with Gasteiger partial charge in [-0.1, -0.05) is 51.3 Å². The molecule has 0 amide bonds. The van der Waals surface area contributed by atoms with Gasteiger partial charge in [-0.15, -0.1) is 0 Å². The molecule has 0 aliphatic heterocycles. The molecule has 0 saturated carbocycles. The summed E-state index contributed by atoms with van der Waals surface area (Å²) >= 11 is 14.8. The number of alkyl halides is 1. The molecule has 1 nitrogen and oxygen atoms in total. The molecule has 1 heterocycles. The lowest BCUT2D eigenvalue weighted by molar-refractivity contribution is 1.32. The van der Waals surface area contributed by atoms with E-state index in [1.54, 1.807) is 6.20 Å². The predicted octanol–water partition coefficient (Wildman–Crippen LogP) is 3.80. The van der Waals surface area contributed by atoms with Crippen LogP contribution in [0.15, 0.2) is 18.3 Å². The van der Waals surface area contributed by atoms with Gasteiger partial charge in [0.1, 0.15) is 5.15 Å². The summed E-state index contributed by atoms with van der Waals surface area (Å²) in [5, 5.41) is 1.63. The fourth-order valence-electron chi connectivity index (χ4n) is 0.732. The average Bonchev–Trinajstić information content (AvgIpc) is 2.08. The molecule has 0 bridgehead atoms. The Bertz CT molecular complexity index is 299. The van der Waals surface area contributed by atoms with Crippen LogP contribution in [0.3, 0.4) is 0 Å². The number of halogens is 3. The van der Waals surface area contributed by atoms with Crippen molar-refractivity contribution in [2.24, 2.45) is 0 Å². The SMILES string of the molecule is Clc1nccc(C=CCBr)c1Cl. The molecule has 0 aliphatic carbocycles. The summed E-state index contributed by atoms with van der Waals surface area (Å²) in [7, 11) is 0. The maximum absolute atomic E-state index is 5.87. The van der Waals surface area contributed by atoms with E-state index in [-0.39, 0.29) is 0 Å². The van der Waals surface area contributed by atoms with E-state index in [0.717, 1.165) is 10.9 Å². The Morgan fingerprint density at radius 1 is 1.50 bits per heavy atom. The molecule has 0 atom stereocenters. The van der Waals surface area contributed by atoms with E-state index in [0.29, 0.717) is 10.2 Å². The first-order chi connectivity index (χ1) is 5.75. The monoisotopic (exact) mass is 265 g/mol. The third kappa shape index (κ3) is 2.47. The van der Waals surface area contributed by atoms with Crippen molar-refractivity contribution in [3.05, 3.63) is 34.1 Å². The van der Waals surface area contributed by atoms with E-state index < -0.39 is 0 Å². The Balaban J connectivity index is 3.00. The van der Waals surface area contributed by atoms with Crippen LogP contribution in [-0.2, 0) is 0 Å². The number of rotatable bonds is 2. The minimum atomic E-state index is 0.341. The summed E-state index contributed by atoms with van der Waals surface area (Å²) in [5.41, 5.74) is 0.885. The van der Waals surface area contributed by atoms with Crippen molar-refractivity contribution in [2.45, 2.75) is 0 Å². The molecule has 0 radical (unpaired) electrons. The van der Waals surface area contributed by atoms with E-state index >= 15 is 0 Å². The Kier molecular flexibility index (Phi) is 4.06. The van der Waals surface area contributed by atoms with Crippen LogP contribution in [0.5, 0.6) is 0 Å². The van der Waals surface area contributed by atoms with Crippen LogP contribution in [-0.4, -0.2) is 10.3 Å². The van der Waals surface area contributed by atoms with Crippen molar-refractivity contribution in [3.63, 3.8) is 0 Å². The van der Waals surface area contributed by atoms with Crippen molar-refractivity contribution in [1.82, 2.24) is 4.98 Å². The van der Waals surface area contributed by atoms with Crippen molar-refractivity contribution < 1.29 is 0 Å². The molecule has 1 aromatic heterocycles. The van der Waals surface area contributed by atoms with Gasteiger partial charge in [-0.2, -0.15) is 0 Å². The van der Waals surface area contributed by atoms with Crippen molar-refractivity contribution >= 4 is 45.2 Å². The van der Waals surface area contributed by atoms with E-state index in [1.807, 2.05) is 18.2 Å². The number of pyridine rings is 1. The van der Waals surface area contributed by atoms with Gasteiger partial charge in [0.15, 0.2) is 0 Å². The second-order valence-corrected chi connectivity index (χ2v) is 3.45. The molecule has 0 spiro atoms. The molecule has 0 aromatic carbocycles. The van der Waals surface area contributed by atoms with Crippen LogP contribution in [0.4, 0.5) is 0 Å². The summed E-state index contributed by atoms with van der Waals surface area (Å²) in [6.07, 6.45) is 5.46. The fourth-order valence-corrected chi connectivity index (χ4v) is 1.26. The van der Waals surface area contributed by atoms with Crippen LogP contribution in [0.25, 0.3) is 6.08 Å². The molecule has 0 unspecified atom stereocenters. The summed E-state index contributed by atoms with van der Waals surface area (Å²) in [4.78, 5) is 3.84. The second-order valence-electron chi connectivity index (χ2n) is 2.06. The number of hydrogen-bond acceptors (Lipinski definition) is 1. The quantitative estimate of drug-likeness (QED) is 0.586. The molecule has 0 N–H and O–H groups in total. The van der Waals surface area contributed by atoms with Gasteiger partial charge in [-0.3, -0.25) is 0 Å². The summed E-state index contributed by atoms with van der Waals surface area (Å²) in [6.45, 7) is 0. The first kappa shape index (κ1) is 10.0. The normalized spacial score (nSPS) is 10.9. The van der Waals surface area contributed by atoms with Crippen LogP contribution in [0.2, 0.25) is 10.2 Å². The molecule has 64 valence electrons. The standard InChI is InChI=1S/C8H6BrCl2N/c9-4-1-2-6-3-5-12-8(11)7(6)10/h1-3,5H,4H2. The van der Waals surface area contributed by atoms with Gasteiger partial charge >= 0.3 is 0 Å². The van der Waals surface area contributed by atoms with E-state index in [4.69, 9.17) is 23.2 Å². The predicted molar refractivity (Wildman–Crippen MR) is 57.1 cm³/mol.